The third-order valence-corrected chi connectivity index (χ3v) is 1.64. The van der Waals surface area contributed by atoms with Gasteiger partial charge in [0.15, 0.2) is 0 Å². The first-order chi connectivity index (χ1) is 5.43. The maximum absolute atomic E-state index is 5.35. The molecule has 0 spiro atoms. The van der Waals surface area contributed by atoms with E-state index in [1.165, 1.54) is 6.42 Å². The van der Waals surface area contributed by atoms with E-state index in [1.807, 2.05) is 0 Å². The Morgan fingerprint density at radius 2 is 2.45 bits per heavy atom. The predicted octanol–water partition coefficient (Wildman–Crippen LogP) is 1.18. The first-order valence-electron chi connectivity index (χ1n) is 4.20. The Labute approximate surface area is 67.6 Å². The van der Waals surface area contributed by atoms with Crippen molar-refractivity contribution >= 4 is 0 Å². The van der Waals surface area contributed by atoms with Gasteiger partial charge in [-0.2, -0.15) is 0 Å². The summed E-state index contributed by atoms with van der Waals surface area (Å²) >= 11 is 0. The number of hydrogen-bond donors (Lipinski definition) is 0. The van der Waals surface area contributed by atoms with Gasteiger partial charge in [0, 0.05) is 6.61 Å². The summed E-state index contributed by atoms with van der Waals surface area (Å²) < 4.78 is 15.6. The largest absolute Gasteiger partial charge is 0.379 e. The van der Waals surface area contributed by atoms with Gasteiger partial charge in [-0.25, -0.2) is 0 Å². The highest BCUT2D eigenvalue weighted by Crippen LogP contribution is 2.03. The predicted molar refractivity (Wildman–Crippen MR) is 41.4 cm³/mol. The van der Waals surface area contributed by atoms with Gasteiger partial charge in [-0.3, -0.25) is 0 Å². The van der Waals surface area contributed by atoms with Crippen LogP contribution in [0.4, 0.5) is 0 Å². The summed E-state index contributed by atoms with van der Waals surface area (Å²) in [5.41, 5.74) is 0. The van der Waals surface area contributed by atoms with E-state index in [0.29, 0.717) is 20.0 Å². The molecule has 0 aliphatic carbocycles. The normalized spacial score (nSPS) is 24.3. The molecule has 1 fully saturated rings. The molecule has 0 saturated carbocycles. The molecule has 1 aliphatic rings. The summed E-state index contributed by atoms with van der Waals surface area (Å²) in [5.74, 6) is 0. The van der Waals surface area contributed by atoms with Crippen LogP contribution in [-0.2, 0) is 14.2 Å². The fraction of sp³-hybridized carbons (Fsp3) is 1.00. The molecule has 1 saturated heterocycles. The van der Waals surface area contributed by atoms with Crippen LogP contribution in [0.15, 0.2) is 0 Å². The molecule has 0 radical (unpaired) electrons. The summed E-state index contributed by atoms with van der Waals surface area (Å²) in [4.78, 5) is 0. The molecule has 66 valence electrons. The number of rotatable bonds is 5. The van der Waals surface area contributed by atoms with E-state index in [-0.39, 0.29) is 6.10 Å². The van der Waals surface area contributed by atoms with Crippen LogP contribution < -0.4 is 0 Å². The molecule has 1 aliphatic heterocycles. The van der Waals surface area contributed by atoms with Crippen molar-refractivity contribution in [1.29, 1.82) is 0 Å². The monoisotopic (exact) mass is 160 g/mol. The molecule has 11 heavy (non-hydrogen) atoms. The smallest absolute Gasteiger partial charge is 0.147 e. The molecular formula is C8H16O3. The van der Waals surface area contributed by atoms with Gasteiger partial charge < -0.3 is 14.2 Å². The summed E-state index contributed by atoms with van der Waals surface area (Å²) in [7, 11) is 0. The highest BCUT2D eigenvalue weighted by molar-refractivity contribution is 4.57. The van der Waals surface area contributed by atoms with E-state index in [0.717, 1.165) is 13.0 Å². The molecule has 0 bridgehead atoms. The molecule has 3 nitrogen and oxygen atoms in total. The van der Waals surface area contributed by atoms with Gasteiger partial charge in [-0.05, 0) is 6.42 Å². The molecule has 0 amide bonds. The van der Waals surface area contributed by atoms with E-state index in [2.05, 4.69) is 6.92 Å². The van der Waals surface area contributed by atoms with Crippen molar-refractivity contribution in [1.82, 2.24) is 0 Å². The minimum Gasteiger partial charge on any atom is -0.379 e. The standard InChI is InChI=1S/C8H16O3/c1-2-3-4-9-5-8-6-10-7-11-8/h8H,2-7H2,1H3. The van der Waals surface area contributed by atoms with E-state index in [9.17, 15) is 0 Å². The molecule has 1 rings (SSSR count). The van der Waals surface area contributed by atoms with Crippen molar-refractivity contribution in [2.45, 2.75) is 25.9 Å². The van der Waals surface area contributed by atoms with Gasteiger partial charge >= 0.3 is 0 Å². The molecule has 0 aromatic carbocycles. The lowest BCUT2D eigenvalue weighted by Crippen LogP contribution is -2.17. The topological polar surface area (TPSA) is 27.7 Å². The zero-order chi connectivity index (χ0) is 7.94. The second kappa shape index (κ2) is 5.52. The molecule has 0 N–H and O–H groups in total. The van der Waals surface area contributed by atoms with E-state index < -0.39 is 0 Å². The van der Waals surface area contributed by atoms with Gasteiger partial charge in [0.2, 0.25) is 0 Å². The van der Waals surface area contributed by atoms with Crippen molar-refractivity contribution < 1.29 is 14.2 Å². The van der Waals surface area contributed by atoms with Crippen molar-refractivity contribution in [3.8, 4) is 0 Å². The van der Waals surface area contributed by atoms with Crippen LogP contribution in [0, 0.1) is 0 Å². The van der Waals surface area contributed by atoms with E-state index in [1.54, 1.807) is 0 Å². The zero-order valence-corrected chi connectivity index (χ0v) is 7.04. The quantitative estimate of drug-likeness (QED) is 0.565. The Hall–Kier alpha value is -0.120. The summed E-state index contributed by atoms with van der Waals surface area (Å²) in [6, 6.07) is 0. The van der Waals surface area contributed by atoms with Gasteiger partial charge in [0.1, 0.15) is 12.9 Å². The van der Waals surface area contributed by atoms with Gasteiger partial charge in [0.25, 0.3) is 0 Å². The van der Waals surface area contributed by atoms with Crippen molar-refractivity contribution in [2.24, 2.45) is 0 Å². The Morgan fingerprint density at radius 1 is 1.55 bits per heavy atom. The lowest BCUT2D eigenvalue weighted by atomic mass is 10.3. The van der Waals surface area contributed by atoms with E-state index >= 15 is 0 Å². The van der Waals surface area contributed by atoms with Crippen LogP contribution in [0.25, 0.3) is 0 Å². The van der Waals surface area contributed by atoms with Crippen LogP contribution in [0.5, 0.6) is 0 Å². The van der Waals surface area contributed by atoms with Crippen molar-refractivity contribution in [2.75, 3.05) is 26.6 Å². The summed E-state index contributed by atoms with van der Waals surface area (Å²) in [6.45, 7) is 4.79. The lowest BCUT2D eigenvalue weighted by molar-refractivity contribution is 0.00470. The third kappa shape index (κ3) is 3.70. The fourth-order valence-electron chi connectivity index (χ4n) is 0.929. The number of ether oxygens (including phenoxy) is 3. The molecule has 3 heteroatoms. The lowest BCUT2D eigenvalue weighted by Gasteiger charge is -2.07. The first kappa shape index (κ1) is 8.97. The highest BCUT2D eigenvalue weighted by Gasteiger charge is 2.15. The van der Waals surface area contributed by atoms with E-state index in [4.69, 9.17) is 14.2 Å². The third-order valence-electron chi connectivity index (χ3n) is 1.64. The second-order valence-corrected chi connectivity index (χ2v) is 2.71. The average Bonchev–Trinajstić information content (AvgIpc) is 2.50. The fourth-order valence-corrected chi connectivity index (χ4v) is 0.929. The minimum absolute atomic E-state index is 0.173. The number of hydrogen-bond acceptors (Lipinski definition) is 3. The Bertz CT molecular complexity index is 89.3. The highest BCUT2D eigenvalue weighted by atomic mass is 16.7. The second-order valence-electron chi connectivity index (χ2n) is 2.71. The van der Waals surface area contributed by atoms with Crippen molar-refractivity contribution in [3.05, 3.63) is 0 Å². The van der Waals surface area contributed by atoms with Gasteiger partial charge in [-0.1, -0.05) is 13.3 Å². The van der Waals surface area contributed by atoms with Gasteiger partial charge in [-0.15, -0.1) is 0 Å². The van der Waals surface area contributed by atoms with Crippen LogP contribution in [-0.4, -0.2) is 32.7 Å². The Kier molecular flexibility index (Phi) is 4.50. The minimum atomic E-state index is 0.173. The first-order valence-corrected chi connectivity index (χ1v) is 4.20. The van der Waals surface area contributed by atoms with Crippen LogP contribution in [0.3, 0.4) is 0 Å². The molecule has 1 atom stereocenters. The summed E-state index contributed by atoms with van der Waals surface area (Å²) in [6.07, 6.45) is 2.49. The average molecular weight is 160 g/mol. The van der Waals surface area contributed by atoms with Crippen molar-refractivity contribution in [3.63, 3.8) is 0 Å². The zero-order valence-electron chi connectivity index (χ0n) is 7.04. The number of unbranched alkanes of at least 4 members (excludes halogenated alkanes) is 1. The van der Waals surface area contributed by atoms with Crippen LogP contribution in [0.2, 0.25) is 0 Å². The van der Waals surface area contributed by atoms with Crippen LogP contribution >= 0.6 is 0 Å². The molecule has 0 aromatic heterocycles. The Balaban J connectivity index is 1.86. The maximum Gasteiger partial charge on any atom is 0.147 e. The Morgan fingerprint density at radius 3 is 3.09 bits per heavy atom. The van der Waals surface area contributed by atoms with Crippen LogP contribution in [0.1, 0.15) is 19.8 Å². The van der Waals surface area contributed by atoms with Gasteiger partial charge in [0.05, 0.1) is 13.2 Å². The maximum atomic E-state index is 5.35. The summed E-state index contributed by atoms with van der Waals surface area (Å²) in [5, 5.41) is 0. The molecular weight excluding hydrogens is 144 g/mol. The molecule has 1 heterocycles. The SMILES string of the molecule is CCCCOCC1COCO1. The molecule has 1 unspecified atom stereocenters. The molecule has 0 aromatic rings.